The van der Waals surface area contributed by atoms with Gasteiger partial charge in [-0.25, -0.2) is 0 Å². The van der Waals surface area contributed by atoms with E-state index in [4.69, 9.17) is 41.8 Å². The van der Waals surface area contributed by atoms with Gasteiger partial charge in [-0.2, -0.15) is 0 Å². The van der Waals surface area contributed by atoms with Gasteiger partial charge in [-0.15, -0.1) is 0 Å². The van der Waals surface area contributed by atoms with Crippen LogP contribution in [-0.4, -0.2) is 26.7 Å². The number of anilines is 1. The van der Waals surface area contributed by atoms with Gasteiger partial charge in [0.2, 0.25) is 11.2 Å². The summed E-state index contributed by atoms with van der Waals surface area (Å²) in [6.07, 6.45) is 0. The number of carbonyl (C=O) groups excluding carboxylic acids is 1. The Labute approximate surface area is 217 Å². The molecule has 0 fully saturated rings. The van der Waals surface area contributed by atoms with Gasteiger partial charge in [-0.3, -0.25) is 9.59 Å². The number of methoxy groups -OCH3 is 2. The predicted molar refractivity (Wildman–Crippen MR) is 141 cm³/mol. The summed E-state index contributed by atoms with van der Waals surface area (Å²) in [6.45, 7) is 3.21. The third-order valence-corrected chi connectivity index (χ3v) is 6.24. The van der Waals surface area contributed by atoms with E-state index in [0.29, 0.717) is 38.4 Å². The molecule has 7 nitrogen and oxygen atoms in total. The molecule has 0 radical (unpaired) electrons. The average molecular weight is 528 g/mol. The van der Waals surface area contributed by atoms with Gasteiger partial charge in [0.05, 0.1) is 19.6 Å². The highest BCUT2D eigenvalue weighted by molar-refractivity contribution is 6.32. The second-order valence-electron chi connectivity index (χ2n) is 8.05. The minimum Gasteiger partial charge on any atom is -0.493 e. The third kappa shape index (κ3) is 5.12. The summed E-state index contributed by atoms with van der Waals surface area (Å²) < 4.78 is 22.6. The predicted octanol–water partition coefficient (Wildman–Crippen LogP) is 6.42. The minimum absolute atomic E-state index is 0.132. The fourth-order valence-electron chi connectivity index (χ4n) is 3.65. The second kappa shape index (κ2) is 10.5. The van der Waals surface area contributed by atoms with Crippen LogP contribution in [0, 0.1) is 13.8 Å². The molecule has 1 amide bonds. The van der Waals surface area contributed by atoms with E-state index >= 15 is 0 Å². The molecule has 186 valence electrons. The van der Waals surface area contributed by atoms with Crippen LogP contribution in [-0.2, 0) is 4.79 Å². The highest BCUT2D eigenvalue weighted by Gasteiger charge is 2.21. The third-order valence-electron chi connectivity index (χ3n) is 5.60. The molecule has 0 unspecified atom stereocenters. The SMILES string of the molecule is COc1ccc(-c2oc3cc(C)c(Cl)cc3c(=O)c2OCC(=O)Nc2cc(Cl)ccc2C)cc1OC. The maximum absolute atomic E-state index is 13.5. The molecule has 4 rings (SSSR count). The maximum atomic E-state index is 13.5. The van der Waals surface area contributed by atoms with Crippen LogP contribution in [0.25, 0.3) is 22.3 Å². The number of halogens is 2. The van der Waals surface area contributed by atoms with E-state index in [0.717, 1.165) is 11.1 Å². The minimum atomic E-state index is -0.472. The van der Waals surface area contributed by atoms with Crippen LogP contribution < -0.4 is 25.0 Å². The number of ether oxygens (including phenoxy) is 3. The Morgan fingerprint density at radius 1 is 0.944 bits per heavy atom. The van der Waals surface area contributed by atoms with Gasteiger partial charge in [0, 0.05) is 21.3 Å². The number of hydrogen-bond donors (Lipinski definition) is 1. The Morgan fingerprint density at radius 3 is 2.42 bits per heavy atom. The van der Waals surface area contributed by atoms with Gasteiger partial charge in [0.25, 0.3) is 5.91 Å². The largest absolute Gasteiger partial charge is 0.493 e. The number of hydrogen-bond acceptors (Lipinski definition) is 6. The fraction of sp³-hybridized carbons (Fsp3) is 0.185. The van der Waals surface area contributed by atoms with E-state index in [9.17, 15) is 9.59 Å². The van der Waals surface area contributed by atoms with Crippen molar-refractivity contribution in [3.63, 3.8) is 0 Å². The van der Waals surface area contributed by atoms with Crippen molar-refractivity contribution >= 4 is 45.8 Å². The van der Waals surface area contributed by atoms with Crippen LogP contribution in [0.4, 0.5) is 5.69 Å². The Bertz CT molecular complexity index is 1530. The number of amides is 1. The van der Waals surface area contributed by atoms with Crippen molar-refractivity contribution in [3.8, 4) is 28.6 Å². The summed E-state index contributed by atoms with van der Waals surface area (Å²) in [4.78, 5) is 26.2. The highest BCUT2D eigenvalue weighted by Crippen LogP contribution is 2.37. The van der Waals surface area contributed by atoms with Crippen molar-refractivity contribution in [1.82, 2.24) is 0 Å². The van der Waals surface area contributed by atoms with Crippen molar-refractivity contribution in [2.75, 3.05) is 26.1 Å². The molecule has 0 saturated heterocycles. The molecule has 0 spiro atoms. The molecule has 0 aliphatic heterocycles. The number of nitrogens with one attached hydrogen (secondary N) is 1. The van der Waals surface area contributed by atoms with E-state index in [1.807, 2.05) is 13.8 Å². The van der Waals surface area contributed by atoms with E-state index in [2.05, 4.69) is 5.32 Å². The zero-order valence-corrected chi connectivity index (χ0v) is 21.5. The molecule has 1 heterocycles. The molecular formula is C27H23Cl2NO6. The quantitative estimate of drug-likeness (QED) is 0.298. The van der Waals surface area contributed by atoms with Gasteiger partial charge in [-0.1, -0.05) is 29.3 Å². The number of carbonyl (C=O) groups is 1. The summed E-state index contributed by atoms with van der Waals surface area (Å²) in [5.74, 6) is 0.477. The summed E-state index contributed by atoms with van der Waals surface area (Å²) in [7, 11) is 3.03. The van der Waals surface area contributed by atoms with Crippen molar-refractivity contribution in [1.29, 1.82) is 0 Å². The fourth-order valence-corrected chi connectivity index (χ4v) is 3.99. The Kier molecular flexibility index (Phi) is 7.43. The first-order valence-electron chi connectivity index (χ1n) is 10.9. The lowest BCUT2D eigenvalue weighted by atomic mass is 10.1. The van der Waals surface area contributed by atoms with E-state index in [-0.39, 0.29) is 16.9 Å². The van der Waals surface area contributed by atoms with Crippen LogP contribution >= 0.6 is 23.2 Å². The standard InChI is InChI=1S/C27H23Cl2NO6/c1-14-5-7-17(28)11-20(14)30-24(31)13-35-27-25(32)18-12-19(29)15(2)9-22(18)36-26(27)16-6-8-21(33-3)23(10-16)34-4/h5-12H,13H2,1-4H3,(H,30,31). The molecular weight excluding hydrogens is 505 g/mol. The summed E-state index contributed by atoms with van der Waals surface area (Å²) in [5.41, 5.74) is 2.49. The molecule has 0 saturated carbocycles. The zero-order chi connectivity index (χ0) is 26.0. The lowest BCUT2D eigenvalue weighted by Gasteiger charge is -2.14. The number of aryl methyl sites for hydroxylation is 2. The summed E-state index contributed by atoms with van der Waals surface area (Å²) >= 11 is 12.3. The first-order chi connectivity index (χ1) is 17.2. The van der Waals surface area contributed by atoms with Crippen LogP contribution in [0.5, 0.6) is 17.2 Å². The molecule has 3 aromatic carbocycles. The van der Waals surface area contributed by atoms with Gasteiger partial charge < -0.3 is 23.9 Å². The number of benzene rings is 3. The molecule has 9 heteroatoms. The van der Waals surface area contributed by atoms with Crippen LogP contribution in [0.2, 0.25) is 10.0 Å². The lowest BCUT2D eigenvalue weighted by molar-refractivity contribution is -0.118. The van der Waals surface area contributed by atoms with Crippen molar-refractivity contribution in [2.24, 2.45) is 0 Å². The molecule has 0 bridgehead atoms. The van der Waals surface area contributed by atoms with Crippen LogP contribution in [0.1, 0.15) is 11.1 Å². The van der Waals surface area contributed by atoms with Gasteiger partial charge in [0.1, 0.15) is 5.58 Å². The average Bonchev–Trinajstić information content (AvgIpc) is 2.86. The molecule has 1 N–H and O–H groups in total. The topological polar surface area (TPSA) is 87.0 Å². The van der Waals surface area contributed by atoms with Gasteiger partial charge >= 0.3 is 0 Å². The monoisotopic (exact) mass is 527 g/mol. The smallest absolute Gasteiger partial charge is 0.262 e. The van der Waals surface area contributed by atoms with Gasteiger partial charge in [0.15, 0.2) is 23.9 Å². The Morgan fingerprint density at radius 2 is 1.69 bits per heavy atom. The molecule has 36 heavy (non-hydrogen) atoms. The van der Waals surface area contributed by atoms with Crippen molar-refractivity contribution < 1.29 is 23.4 Å². The molecule has 1 aromatic heterocycles. The zero-order valence-electron chi connectivity index (χ0n) is 20.0. The summed E-state index contributed by atoms with van der Waals surface area (Å²) in [6, 6.07) is 13.4. The molecule has 4 aromatic rings. The van der Waals surface area contributed by atoms with E-state index in [1.54, 1.807) is 42.5 Å². The van der Waals surface area contributed by atoms with Crippen LogP contribution in [0.15, 0.2) is 57.7 Å². The number of rotatable bonds is 7. The first kappa shape index (κ1) is 25.4. The second-order valence-corrected chi connectivity index (χ2v) is 8.90. The number of fused-ring (bicyclic) bond motifs is 1. The first-order valence-corrected chi connectivity index (χ1v) is 11.7. The molecule has 0 aliphatic rings. The highest BCUT2D eigenvalue weighted by atomic mass is 35.5. The van der Waals surface area contributed by atoms with Crippen molar-refractivity contribution in [2.45, 2.75) is 13.8 Å². The maximum Gasteiger partial charge on any atom is 0.262 e. The normalized spacial score (nSPS) is 10.8. The molecule has 0 atom stereocenters. The Balaban J connectivity index is 1.77. The summed E-state index contributed by atoms with van der Waals surface area (Å²) in [5, 5.41) is 3.87. The van der Waals surface area contributed by atoms with Crippen molar-refractivity contribution in [3.05, 3.63) is 79.9 Å². The lowest BCUT2D eigenvalue weighted by Crippen LogP contribution is -2.23. The van der Waals surface area contributed by atoms with Crippen LogP contribution in [0.3, 0.4) is 0 Å². The van der Waals surface area contributed by atoms with Gasteiger partial charge in [-0.05, 0) is 67.4 Å². The Hall–Kier alpha value is -3.68. The van der Waals surface area contributed by atoms with E-state index in [1.165, 1.54) is 20.3 Å². The van der Waals surface area contributed by atoms with E-state index < -0.39 is 17.9 Å². The molecule has 0 aliphatic carbocycles.